The zero-order chi connectivity index (χ0) is 15.0. The number of rotatable bonds is 3. The lowest BCUT2D eigenvalue weighted by molar-refractivity contribution is 0.0920. The number of hydrogen-bond donors (Lipinski definition) is 2. The van der Waals surface area contributed by atoms with Crippen molar-refractivity contribution in [2.75, 3.05) is 12.8 Å². The van der Waals surface area contributed by atoms with E-state index in [1.54, 1.807) is 10.8 Å². The van der Waals surface area contributed by atoms with Gasteiger partial charge < -0.3 is 15.0 Å². The van der Waals surface area contributed by atoms with Gasteiger partial charge in [0.25, 0.3) is 5.91 Å². The first-order chi connectivity index (χ1) is 10.2. The molecular weight excluding hydrogens is 290 g/mol. The Hall–Kier alpha value is -1.93. The fraction of sp³-hybridized carbons (Fsp3) is 0.385. The zero-order valence-electron chi connectivity index (χ0n) is 11.8. The molecule has 0 fully saturated rings. The molecule has 1 aliphatic heterocycles. The quantitative estimate of drug-likeness (QED) is 0.637. The number of amides is 1. The third-order valence-corrected chi connectivity index (χ3v) is 3.96. The van der Waals surface area contributed by atoms with E-state index in [4.69, 9.17) is 0 Å². The summed E-state index contributed by atoms with van der Waals surface area (Å²) in [7, 11) is 0. The van der Waals surface area contributed by atoms with Crippen LogP contribution in [0.15, 0.2) is 11.4 Å². The standard InChI is InChI=1S/C13H15N5O2S/c1-7-5-15-13(21-2)17-9(7)10-8(6-19)18-4-3-14-12(20)11(18)16-10/h5,19H,3-4,6H2,1-2H3,(H,14,20). The highest BCUT2D eigenvalue weighted by atomic mass is 32.2. The Kier molecular flexibility index (Phi) is 3.64. The Balaban J connectivity index is 2.21. The maximum atomic E-state index is 11.9. The van der Waals surface area contributed by atoms with Crippen LogP contribution in [0.1, 0.15) is 21.9 Å². The number of nitrogens with one attached hydrogen (secondary N) is 1. The minimum atomic E-state index is -0.223. The molecule has 0 atom stereocenters. The molecule has 8 heteroatoms. The van der Waals surface area contributed by atoms with Crippen molar-refractivity contribution in [2.24, 2.45) is 0 Å². The van der Waals surface area contributed by atoms with Gasteiger partial charge in [-0.3, -0.25) is 4.79 Å². The number of thioether (sulfide) groups is 1. The van der Waals surface area contributed by atoms with Crippen molar-refractivity contribution >= 4 is 17.7 Å². The van der Waals surface area contributed by atoms with Crippen LogP contribution in [-0.2, 0) is 13.2 Å². The smallest absolute Gasteiger partial charge is 0.287 e. The summed E-state index contributed by atoms with van der Waals surface area (Å²) in [4.78, 5) is 25.0. The number of hydrogen-bond acceptors (Lipinski definition) is 6. The van der Waals surface area contributed by atoms with Gasteiger partial charge in [-0.2, -0.15) is 0 Å². The highest BCUT2D eigenvalue weighted by molar-refractivity contribution is 7.98. The second kappa shape index (κ2) is 5.45. The van der Waals surface area contributed by atoms with Gasteiger partial charge in [-0.15, -0.1) is 0 Å². The molecule has 0 unspecified atom stereocenters. The van der Waals surface area contributed by atoms with E-state index in [1.165, 1.54) is 11.8 Å². The number of aliphatic hydroxyl groups excluding tert-OH is 1. The van der Waals surface area contributed by atoms with E-state index >= 15 is 0 Å². The van der Waals surface area contributed by atoms with Crippen LogP contribution in [0.4, 0.5) is 0 Å². The maximum absolute atomic E-state index is 11.9. The summed E-state index contributed by atoms with van der Waals surface area (Å²) < 4.78 is 1.76. The normalized spacial score (nSPS) is 14.0. The third kappa shape index (κ3) is 2.30. The van der Waals surface area contributed by atoms with E-state index in [9.17, 15) is 9.90 Å². The van der Waals surface area contributed by atoms with E-state index < -0.39 is 0 Å². The Labute approximate surface area is 125 Å². The average molecular weight is 305 g/mol. The predicted molar refractivity (Wildman–Crippen MR) is 78.0 cm³/mol. The van der Waals surface area contributed by atoms with Gasteiger partial charge in [0.1, 0.15) is 5.69 Å². The monoisotopic (exact) mass is 305 g/mol. The van der Waals surface area contributed by atoms with E-state index in [-0.39, 0.29) is 12.5 Å². The van der Waals surface area contributed by atoms with Crippen LogP contribution in [-0.4, -0.2) is 43.3 Å². The molecule has 0 saturated carbocycles. The summed E-state index contributed by atoms with van der Waals surface area (Å²) in [6, 6.07) is 0. The summed E-state index contributed by atoms with van der Waals surface area (Å²) in [5.41, 5.74) is 2.69. The van der Waals surface area contributed by atoms with E-state index in [0.29, 0.717) is 41.2 Å². The number of aryl methyl sites for hydroxylation is 1. The van der Waals surface area contributed by atoms with Gasteiger partial charge in [-0.05, 0) is 18.7 Å². The lowest BCUT2D eigenvalue weighted by Gasteiger charge is -2.16. The molecular formula is C13H15N5O2S. The van der Waals surface area contributed by atoms with Crippen LogP contribution in [0.25, 0.3) is 11.4 Å². The van der Waals surface area contributed by atoms with Gasteiger partial charge >= 0.3 is 0 Å². The fourth-order valence-corrected chi connectivity index (χ4v) is 2.72. The van der Waals surface area contributed by atoms with Gasteiger partial charge in [-0.25, -0.2) is 15.0 Å². The predicted octanol–water partition coefficient (Wildman–Crippen LogP) is 0.606. The van der Waals surface area contributed by atoms with Crippen molar-refractivity contribution < 1.29 is 9.90 Å². The van der Waals surface area contributed by atoms with Crippen LogP contribution < -0.4 is 5.32 Å². The molecule has 0 spiro atoms. The first kappa shape index (κ1) is 14.0. The summed E-state index contributed by atoms with van der Waals surface area (Å²) in [5.74, 6) is 0.100. The SMILES string of the molecule is CSc1ncc(C)c(-c2nc3n(c2CO)CCNC3=O)n1. The molecule has 7 nitrogen and oxygen atoms in total. The molecule has 2 aromatic heterocycles. The molecule has 1 aliphatic rings. The number of carbonyl (C=O) groups is 1. The van der Waals surface area contributed by atoms with Crippen molar-refractivity contribution in [2.45, 2.75) is 25.2 Å². The number of aliphatic hydroxyl groups is 1. The van der Waals surface area contributed by atoms with Crippen LogP contribution in [0.5, 0.6) is 0 Å². The molecule has 3 rings (SSSR count). The van der Waals surface area contributed by atoms with E-state index in [2.05, 4.69) is 20.3 Å². The molecule has 0 aromatic carbocycles. The Bertz CT molecular complexity index is 713. The lowest BCUT2D eigenvalue weighted by Crippen LogP contribution is -2.36. The molecule has 0 radical (unpaired) electrons. The van der Waals surface area contributed by atoms with Crippen LogP contribution in [0.2, 0.25) is 0 Å². The number of fused-ring (bicyclic) bond motifs is 1. The average Bonchev–Trinajstić information content (AvgIpc) is 2.87. The van der Waals surface area contributed by atoms with Gasteiger partial charge in [0.15, 0.2) is 11.0 Å². The number of nitrogens with zero attached hydrogens (tertiary/aromatic N) is 4. The molecule has 21 heavy (non-hydrogen) atoms. The second-order valence-electron chi connectivity index (χ2n) is 4.68. The molecule has 3 heterocycles. The van der Waals surface area contributed by atoms with Crippen molar-refractivity contribution in [3.63, 3.8) is 0 Å². The van der Waals surface area contributed by atoms with Gasteiger partial charge in [0.05, 0.1) is 18.0 Å². The van der Waals surface area contributed by atoms with Gasteiger partial charge in [-0.1, -0.05) is 11.8 Å². The molecule has 2 aromatic rings. The molecule has 110 valence electrons. The Morgan fingerprint density at radius 3 is 2.95 bits per heavy atom. The Morgan fingerprint density at radius 1 is 1.43 bits per heavy atom. The largest absolute Gasteiger partial charge is 0.390 e. The minimum absolute atomic E-state index is 0.187. The van der Waals surface area contributed by atoms with Crippen molar-refractivity contribution in [1.29, 1.82) is 0 Å². The van der Waals surface area contributed by atoms with E-state index in [0.717, 1.165) is 5.56 Å². The number of carbonyl (C=O) groups excluding carboxylic acids is 1. The van der Waals surface area contributed by atoms with Crippen molar-refractivity contribution in [1.82, 2.24) is 24.8 Å². The van der Waals surface area contributed by atoms with Crippen LogP contribution >= 0.6 is 11.8 Å². The molecule has 0 aliphatic carbocycles. The van der Waals surface area contributed by atoms with Crippen LogP contribution in [0.3, 0.4) is 0 Å². The second-order valence-corrected chi connectivity index (χ2v) is 5.46. The minimum Gasteiger partial charge on any atom is -0.390 e. The van der Waals surface area contributed by atoms with Crippen molar-refractivity contribution in [3.05, 3.63) is 23.3 Å². The van der Waals surface area contributed by atoms with E-state index in [1.807, 2.05) is 13.2 Å². The first-order valence-corrected chi connectivity index (χ1v) is 7.74. The summed E-state index contributed by atoms with van der Waals surface area (Å²) in [6.45, 7) is 2.84. The highest BCUT2D eigenvalue weighted by Crippen LogP contribution is 2.27. The molecule has 1 amide bonds. The molecule has 0 saturated heterocycles. The molecule has 0 bridgehead atoms. The summed E-state index contributed by atoms with van der Waals surface area (Å²) in [5, 5.41) is 13.1. The summed E-state index contributed by atoms with van der Waals surface area (Å²) >= 11 is 1.44. The molecule has 2 N–H and O–H groups in total. The lowest BCUT2D eigenvalue weighted by atomic mass is 10.1. The topological polar surface area (TPSA) is 92.9 Å². The first-order valence-electron chi connectivity index (χ1n) is 6.52. The Morgan fingerprint density at radius 2 is 2.24 bits per heavy atom. The van der Waals surface area contributed by atoms with Crippen LogP contribution in [0, 0.1) is 6.92 Å². The fourth-order valence-electron chi connectivity index (χ4n) is 2.37. The number of imidazole rings is 1. The summed E-state index contributed by atoms with van der Waals surface area (Å²) in [6.07, 6.45) is 3.63. The van der Waals surface area contributed by atoms with Gasteiger partial charge in [0, 0.05) is 19.3 Å². The zero-order valence-corrected chi connectivity index (χ0v) is 12.6. The number of aromatic nitrogens is 4. The van der Waals surface area contributed by atoms with Crippen molar-refractivity contribution in [3.8, 4) is 11.4 Å². The maximum Gasteiger partial charge on any atom is 0.287 e. The third-order valence-electron chi connectivity index (χ3n) is 3.40. The highest BCUT2D eigenvalue weighted by Gasteiger charge is 2.26. The van der Waals surface area contributed by atoms with Gasteiger partial charge in [0.2, 0.25) is 0 Å².